The minimum Gasteiger partial charge on any atom is -0.412 e. The lowest BCUT2D eigenvalue weighted by molar-refractivity contribution is 0.330. The second-order valence-corrected chi connectivity index (χ2v) is 3.43. The highest BCUT2D eigenvalue weighted by Gasteiger charge is 1.88. The zero-order valence-corrected chi connectivity index (χ0v) is 7.24. The molecule has 0 N–H and O–H groups in total. The molecule has 0 heterocycles. The third-order valence-electron chi connectivity index (χ3n) is 0.846. The summed E-state index contributed by atoms with van der Waals surface area (Å²) in [4.78, 5) is 0. The molecule has 0 fully saturated rings. The molecule has 9 heavy (non-hydrogen) atoms. The van der Waals surface area contributed by atoms with Crippen molar-refractivity contribution in [2.24, 2.45) is 0 Å². The number of hydrogen-bond donors (Lipinski definition) is 0. The number of hydrogen-bond acceptors (Lipinski definition) is 1. The Morgan fingerprint density at radius 2 is 2.33 bits per heavy atom. The molecule has 1 nitrogen and oxygen atoms in total. The Kier molecular flexibility index (Phi) is 5.99. The normalized spacial score (nSPS) is 9.56. The Balaban J connectivity index is 2.83. The predicted molar refractivity (Wildman–Crippen MR) is 41.4 cm³/mol. The highest BCUT2D eigenvalue weighted by atomic mass is 28.2. The van der Waals surface area contributed by atoms with Crippen LogP contribution in [0.2, 0.25) is 0 Å². The molecule has 2 heteroatoms. The Morgan fingerprint density at radius 3 is 2.78 bits per heavy atom. The Bertz CT molecular complexity index is 81.0. The van der Waals surface area contributed by atoms with Gasteiger partial charge in [0.1, 0.15) is 0 Å². The van der Waals surface area contributed by atoms with E-state index in [0.29, 0.717) is 9.76 Å². The van der Waals surface area contributed by atoms with Gasteiger partial charge in [0, 0.05) is 6.61 Å². The smallest absolute Gasteiger partial charge is 0.263 e. The number of rotatable bonds is 5. The molecule has 2 radical (unpaired) electrons. The van der Waals surface area contributed by atoms with Gasteiger partial charge in [-0.3, -0.25) is 0 Å². The van der Waals surface area contributed by atoms with Crippen molar-refractivity contribution >= 4 is 9.76 Å². The van der Waals surface area contributed by atoms with Crippen LogP contribution in [0.1, 0.15) is 26.7 Å². The first-order chi connectivity index (χ1) is 4.27. The molecule has 0 aliphatic carbocycles. The van der Waals surface area contributed by atoms with Crippen molar-refractivity contribution in [3.8, 4) is 0 Å². The zero-order valence-electron chi connectivity index (χ0n) is 6.24. The fourth-order valence-corrected chi connectivity index (χ4v) is 0.884. The Labute approximate surface area is 60.1 Å². The quantitative estimate of drug-likeness (QED) is 0.421. The molecule has 0 aromatic carbocycles. The van der Waals surface area contributed by atoms with E-state index in [2.05, 4.69) is 13.5 Å². The van der Waals surface area contributed by atoms with Crippen LogP contribution in [-0.4, -0.2) is 16.4 Å². The van der Waals surface area contributed by atoms with Crippen LogP contribution in [0.3, 0.4) is 0 Å². The van der Waals surface area contributed by atoms with Gasteiger partial charge in [0.25, 0.3) is 9.76 Å². The molecular weight excluding hydrogens is 128 g/mol. The van der Waals surface area contributed by atoms with Crippen LogP contribution < -0.4 is 0 Å². The molecule has 0 unspecified atom stereocenters. The third kappa shape index (κ3) is 7.92. The van der Waals surface area contributed by atoms with E-state index in [4.69, 9.17) is 4.43 Å². The van der Waals surface area contributed by atoms with E-state index in [9.17, 15) is 0 Å². The fourth-order valence-electron chi connectivity index (χ4n) is 0.391. The Morgan fingerprint density at radius 1 is 1.67 bits per heavy atom. The largest absolute Gasteiger partial charge is 0.412 e. The maximum atomic E-state index is 5.26. The molecule has 0 aliphatic rings. The standard InChI is InChI=1S/C7H14OSi/c1-4-5-6-8-9-7(2)3/h2,4-6H2,1,3H3. The molecule has 0 rings (SSSR count). The molecule has 0 aromatic heterocycles. The van der Waals surface area contributed by atoms with Gasteiger partial charge in [0.15, 0.2) is 0 Å². The first kappa shape index (κ1) is 8.92. The number of allylic oxidation sites excluding steroid dienone is 1. The molecule has 0 saturated carbocycles. The molecule has 0 bridgehead atoms. The topological polar surface area (TPSA) is 9.23 Å². The van der Waals surface area contributed by atoms with Crippen molar-refractivity contribution in [1.29, 1.82) is 0 Å². The molecule has 0 amide bonds. The van der Waals surface area contributed by atoms with Gasteiger partial charge in [-0.1, -0.05) is 18.5 Å². The summed E-state index contributed by atoms with van der Waals surface area (Å²) in [6, 6.07) is 0. The lowest BCUT2D eigenvalue weighted by Gasteiger charge is -1.98. The van der Waals surface area contributed by atoms with Gasteiger partial charge in [0.05, 0.1) is 0 Å². The van der Waals surface area contributed by atoms with Crippen molar-refractivity contribution in [2.45, 2.75) is 26.7 Å². The summed E-state index contributed by atoms with van der Waals surface area (Å²) in [5.74, 6) is 0. The van der Waals surface area contributed by atoms with Crippen LogP contribution in [0.15, 0.2) is 11.8 Å². The van der Waals surface area contributed by atoms with E-state index in [1.165, 1.54) is 12.8 Å². The summed E-state index contributed by atoms with van der Waals surface area (Å²) in [6.45, 7) is 8.78. The van der Waals surface area contributed by atoms with Crippen molar-refractivity contribution in [2.75, 3.05) is 6.61 Å². The van der Waals surface area contributed by atoms with Crippen molar-refractivity contribution in [1.82, 2.24) is 0 Å². The van der Waals surface area contributed by atoms with Gasteiger partial charge in [-0.15, -0.1) is 6.58 Å². The van der Waals surface area contributed by atoms with Crippen molar-refractivity contribution in [3.05, 3.63) is 11.8 Å². The van der Waals surface area contributed by atoms with Gasteiger partial charge in [-0.2, -0.15) is 0 Å². The van der Waals surface area contributed by atoms with Gasteiger partial charge in [-0.05, 0) is 13.3 Å². The van der Waals surface area contributed by atoms with Crippen LogP contribution in [0, 0.1) is 0 Å². The first-order valence-electron chi connectivity index (χ1n) is 3.30. The van der Waals surface area contributed by atoms with Crippen LogP contribution in [0.4, 0.5) is 0 Å². The molecule has 0 saturated heterocycles. The van der Waals surface area contributed by atoms with Crippen molar-refractivity contribution in [3.63, 3.8) is 0 Å². The fraction of sp³-hybridized carbons (Fsp3) is 0.714. The summed E-state index contributed by atoms with van der Waals surface area (Å²) in [5, 5.41) is 1.13. The molecule has 52 valence electrons. The highest BCUT2D eigenvalue weighted by Crippen LogP contribution is 1.89. The number of unbranched alkanes of at least 4 members (excludes halogenated alkanes) is 1. The van der Waals surface area contributed by atoms with E-state index >= 15 is 0 Å². The SMILES string of the molecule is C=C(C)[Si]OCCCC. The monoisotopic (exact) mass is 142 g/mol. The van der Waals surface area contributed by atoms with E-state index in [1.54, 1.807) is 0 Å². The van der Waals surface area contributed by atoms with Crippen LogP contribution >= 0.6 is 0 Å². The minimum atomic E-state index is 0.504. The first-order valence-corrected chi connectivity index (χ1v) is 4.21. The third-order valence-corrected chi connectivity index (χ3v) is 1.54. The van der Waals surface area contributed by atoms with Gasteiger partial charge in [0.2, 0.25) is 0 Å². The maximum Gasteiger partial charge on any atom is 0.263 e. The van der Waals surface area contributed by atoms with Gasteiger partial charge < -0.3 is 4.43 Å². The zero-order chi connectivity index (χ0) is 7.11. The lowest BCUT2D eigenvalue weighted by atomic mass is 10.4. The summed E-state index contributed by atoms with van der Waals surface area (Å²) in [5.41, 5.74) is 0. The van der Waals surface area contributed by atoms with Crippen LogP contribution in [0.5, 0.6) is 0 Å². The molecular formula is C7H14OSi. The molecule has 0 spiro atoms. The van der Waals surface area contributed by atoms with Crippen LogP contribution in [-0.2, 0) is 4.43 Å². The Hall–Kier alpha value is -0.0831. The maximum absolute atomic E-state index is 5.26. The molecule has 0 aliphatic heterocycles. The summed E-state index contributed by atoms with van der Waals surface area (Å²) in [6.07, 6.45) is 2.38. The molecule has 0 atom stereocenters. The van der Waals surface area contributed by atoms with E-state index < -0.39 is 0 Å². The average Bonchev–Trinajstić information content (AvgIpc) is 1.80. The van der Waals surface area contributed by atoms with Gasteiger partial charge in [-0.25, -0.2) is 0 Å². The van der Waals surface area contributed by atoms with Crippen molar-refractivity contribution < 1.29 is 4.43 Å². The predicted octanol–water partition coefficient (Wildman–Crippen LogP) is 1.96. The second kappa shape index (κ2) is 6.04. The van der Waals surface area contributed by atoms with E-state index in [-0.39, 0.29) is 0 Å². The second-order valence-electron chi connectivity index (χ2n) is 2.08. The van der Waals surface area contributed by atoms with Crippen LogP contribution in [0.25, 0.3) is 0 Å². The highest BCUT2D eigenvalue weighted by molar-refractivity contribution is 6.37. The minimum absolute atomic E-state index is 0.504. The van der Waals surface area contributed by atoms with Gasteiger partial charge >= 0.3 is 0 Å². The lowest BCUT2D eigenvalue weighted by Crippen LogP contribution is -2.00. The van der Waals surface area contributed by atoms with E-state index in [0.717, 1.165) is 11.8 Å². The van der Waals surface area contributed by atoms with E-state index in [1.807, 2.05) is 6.92 Å². The summed E-state index contributed by atoms with van der Waals surface area (Å²) in [7, 11) is 0.504. The molecule has 0 aromatic rings. The summed E-state index contributed by atoms with van der Waals surface area (Å²) < 4.78 is 5.26. The summed E-state index contributed by atoms with van der Waals surface area (Å²) >= 11 is 0. The average molecular weight is 142 g/mol.